The van der Waals surface area contributed by atoms with Crippen LogP contribution in [0.5, 0.6) is 0 Å². The highest BCUT2D eigenvalue weighted by Gasteiger charge is 2.25. The van der Waals surface area contributed by atoms with Gasteiger partial charge in [-0.15, -0.1) is 0 Å². The molecule has 0 fully saturated rings. The second kappa shape index (κ2) is 4.79. The first-order valence-electron chi connectivity index (χ1n) is 6.23. The van der Waals surface area contributed by atoms with Crippen LogP contribution in [0, 0.1) is 0 Å². The number of aromatic nitrogens is 3. The molecule has 104 valence electrons. The van der Waals surface area contributed by atoms with Crippen LogP contribution < -0.4 is 5.56 Å². The molecule has 0 atom stereocenters. The van der Waals surface area contributed by atoms with Gasteiger partial charge in [-0.2, -0.15) is 0 Å². The SMILES string of the molecule is Cn1cnc2c(c1=O)CCN(C(=O)c1cc(Cl)c[nH]1)C2. The summed E-state index contributed by atoms with van der Waals surface area (Å²) in [5.41, 5.74) is 1.78. The van der Waals surface area contributed by atoms with Crippen LogP contribution >= 0.6 is 11.6 Å². The first-order valence-corrected chi connectivity index (χ1v) is 6.60. The van der Waals surface area contributed by atoms with Crippen LogP contribution in [0.25, 0.3) is 0 Å². The smallest absolute Gasteiger partial charge is 0.270 e. The zero-order chi connectivity index (χ0) is 14.3. The largest absolute Gasteiger partial charge is 0.356 e. The number of H-pyrrole nitrogens is 1. The van der Waals surface area contributed by atoms with Crippen LogP contribution in [-0.4, -0.2) is 31.9 Å². The predicted molar refractivity (Wildman–Crippen MR) is 73.7 cm³/mol. The van der Waals surface area contributed by atoms with Crippen molar-refractivity contribution in [2.45, 2.75) is 13.0 Å². The Morgan fingerprint density at radius 1 is 1.50 bits per heavy atom. The molecule has 0 bridgehead atoms. The Kier molecular flexibility index (Phi) is 3.10. The van der Waals surface area contributed by atoms with Crippen LogP contribution in [0.15, 0.2) is 23.4 Å². The normalized spacial score (nSPS) is 14.2. The average Bonchev–Trinajstić information content (AvgIpc) is 2.88. The number of amides is 1. The summed E-state index contributed by atoms with van der Waals surface area (Å²) in [5.74, 6) is -0.134. The Morgan fingerprint density at radius 3 is 3.00 bits per heavy atom. The van der Waals surface area contributed by atoms with Crippen molar-refractivity contribution >= 4 is 17.5 Å². The molecule has 0 saturated carbocycles. The number of hydrogen-bond acceptors (Lipinski definition) is 3. The van der Waals surface area contributed by atoms with E-state index in [1.165, 1.54) is 10.9 Å². The summed E-state index contributed by atoms with van der Waals surface area (Å²) in [4.78, 5) is 33.0. The molecular formula is C13H13ClN4O2. The molecule has 6 nitrogen and oxygen atoms in total. The monoisotopic (exact) mass is 292 g/mol. The quantitative estimate of drug-likeness (QED) is 0.851. The van der Waals surface area contributed by atoms with Gasteiger partial charge in [0, 0.05) is 25.4 Å². The molecule has 1 aliphatic rings. The maximum Gasteiger partial charge on any atom is 0.270 e. The third-order valence-corrected chi connectivity index (χ3v) is 3.67. The maximum atomic E-state index is 12.3. The predicted octanol–water partition coefficient (Wildman–Crippen LogP) is 0.960. The zero-order valence-electron chi connectivity index (χ0n) is 10.9. The molecule has 0 spiro atoms. The highest BCUT2D eigenvalue weighted by molar-refractivity contribution is 6.30. The van der Waals surface area contributed by atoms with Crippen molar-refractivity contribution in [2.75, 3.05) is 6.54 Å². The fourth-order valence-corrected chi connectivity index (χ4v) is 2.52. The minimum atomic E-state index is -0.134. The summed E-state index contributed by atoms with van der Waals surface area (Å²) in [7, 11) is 1.67. The first kappa shape index (κ1) is 12.9. The molecule has 0 aliphatic carbocycles. The third-order valence-electron chi connectivity index (χ3n) is 3.45. The van der Waals surface area contributed by atoms with E-state index in [0.717, 1.165) is 0 Å². The van der Waals surface area contributed by atoms with E-state index in [4.69, 9.17) is 11.6 Å². The van der Waals surface area contributed by atoms with E-state index in [1.807, 2.05) is 0 Å². The molecule has 0 saturated heterocycles. The highest BCUT2D eigenvalue weighted by Crippen LogP contribution is 2.17. The lowest BCUT2D eigenvalue weighted by atomic mass is 10.1. The zero-order valence-corrected chi connectivity index (χ0v) is 11.6. The van der Waals surface area contributed by atoms with Crippen molar-refractivity contribution in [3.05, 3.63) is 50.9 Å². The minimum Gasteiger partial charge on any atom is -0.356 e. The highest BCUT2D eigenvalue weighted by atomic mass is 35.5. The fraction of sp³-hybridized carbons (Fsp3) is 0.308. The van der Waals surface area contributed by atoms with E-state index in [1.54, 1.807) is 24.2 Å². The molecule has 20 heavy (non-hydrogen) atoms. The molecule has 2 aromatic heterocycles. The minimum absolute atomic E-state index is 0.0370. The van der Waals surface area contributed by atoms with Crippen LogP contribution in [0.3, 0.4) is 0 Å². The number of hydrogen-bond donors (Lipinski definition) is 1. The Balaban J connectivity index is 1.88. The summed E-state index contributed by atoms with van der Waals surface area (Å²) in [5, 5.41) is 0.498. The molecule has 0 unspecified atom stereocenters. The van der Waals surface area contributed by atoms with Crippen molar-refractivity contribution in [2.24, 2.45) is 7.05 Å². The topological polar surface area (TPSA) is 71.0 Å². The van der Waals surface area contributed by atoms with Crippen LogP contribution in [0.4, 0.5) is 0 Å². The summed E-state index contributed by atoms with van der Waals surface area (Å²) < 4.78 is 1.46. The number of fused-ring (bicyclic) bond motifs is 1. The van der Waals surface area contributed by atoms with Crippen molar-refractivity contribution in [1.82, 2.24) is 19.4 Å². The van der Waals surface area contributed by atoms with Gasteiger partial charge in [-0.25, -0.2) is 4.98 Å². The van der Waals surface area contributed by atoms with Gasteiger partial charge < -0.3 is 14.5 Å². The van der Waals surface area contributed by atoms with Gasteiger partial charge in [-0.05, 0) is 12.5 Å². The van der Waals surface area contributed by atoms with Gasteiger partial charge in [0.05, 0.1) is 23.6 Å². The van der Waals surface area contributed by atoms with Crippen LogP contribution in [0.2, 0.25) is 5.02 Å². The Morgan fingerprint density at radius 2 is 2.30 bits per heavy atom. The van der Waals surface area contributed by atoms with Gasteiger partial charge in [-0.3, -0.25) is 9.59 Å². The number of carbonyl (C=O) groups excluding carboxylic acids is 1. The summed E-state index contributed by atoms with van der Waals surface area (Å²) in [6, 6.07) is 1.59. The molecule has 2 aromatic rings. The van der Waals surface area contributed by atoms with Gasteiger partial charge >= 0.3 is 0 Å². The Hall–Kier alpha value is -2.08. The molecule has 1 aliphatic heterocycles. The maximum absolute atomic E-state index is 12.3. The third kappa shape index (κ3) is 2.12. The fourth-order valence-electron chi connectivity index (χ4n) is 2.35. The lowest BCUT2D eigenvalue weighted by Gasteiger charge is -2.27. The van der Waals surface area contributed by atoms with Gasteiger partial charge in [0.15, 0.2) is 0 Å². The standard InChI is InChI=1S/C13H13ClN4O2/c1-17-7-16-11-6-18(3-2-9(11)12(17)19)13(20)10-4-8(14)5-15-10/h4-5,7,15H,2-3,6H2,1H3. The number of nitrogens with one attached hydrogen (secondary N) is 1. The summed E-state index contributed by atoms with van der Waals surface area (Å²) in [6.07, 6.45) is 3.58. The van der Waals surface area contributed by atoms with Crippen molar-refractivity contribution in [3.8, 4) is 0 Å². The van der Waals surface area contributed by atoms with Crippen molar-refractivity contribution in [3.63, 3.8) is 0 Å². The second-order valence-corrected chi connectivity index (χ2v) is 5.23. The Bertz CT molecular complexity index is 734. The van der Waals surface area contributed by atoms with Crippen molar-refractivity contribution < 1.29 is 4.79 Å². The average molecular weight is 293 g/mol. The van der Waals surface area contributed by atoms with Gasteiger partial charge in [0.25, 0.3) is 11.5 Å². The van der Waals surface area contributed by atoms with E-state index in [2.05, 4.69) is 9.97 Å². The van der Waals surface area contributed by atoms with E-state index >= 15 is 0 Å². The summed E-state index contributed by atoms with van der Waals surface area (Å²) >= 11 is 5.80. The van der Waals surface area contributed by atoms with Gasteiger partial charge in [0.1, 0.15) is 5.69 Å². The Labute approximate surface area is 120 Å². The molecule has 0 aromatic carbocycles. The summed E-state index contributed by atoms with van der Waals surface area (Å²) in [6.45, 7) is 0.851. The molecule has 3 rings (SSSR count). The van der Waals surface area contributed by atoms with Crippen LogP contribution in [-0.2, 0) is 20.0 Å². The van der Waals surface area contributed by atoms with Gasteiger partial charge in [-0.1, -0.05) is 11.6 Å². The van der Waals surface area contributed by atoms with Crippen molar-refractivity contribution in [1.29, 1.82) is 0 Å². The van der Waals surface area contributed by atoms with E-state index in [-0.39, 0.29) is 11.5 Å². The van der Waals surface area contributed by atoms with Gasteiger partial charge in [0.2, 0.25) is 0 Å². The second-order valence-electron chi connectivity index (χ2n) is 4.79. The number of nitrogens with zero attached hydrogens (tertiary/aromatic N) is 3. The van der Waals surface area contributed by atoms with E-state index in [0.29, 0.717) is 41.5 Å². The molecular weight excluding hydrogens is 280 g/mol. The van der Waals surface area contributed by atoms with E-state index < -0.39 is 0 Å². The lowest BCUT2D eigenvalue weighted by Crippen LogP contribution is -2.40. The lowest BCUT2D eigenvalue weighted by molar-refractivity contribution is 0.0726. The van der Waals surface area contributed by atoms with Crippen LogP contribution in [0.1, 0.15) is 21.7 Å². The van der Waals surface area contributed by atoms with E-state index in [9.17, 15) is 9.59 Å². The first-order chi connectivity index (χ1) is 9.56. The number of aryl methyl sites for hydroxylation is 1. The number of aromatic amines is 1. The molecule has 3 heterocycles. The molecule has 7 heteroatoms. The molecule has 1 N–H and O–H groups in total. The number of rotatable bonds is 1. The molecule has 0 radical (unpaired) electrons. The number of carbonyl (C=O) groups is 1. The number of halogens is 1. The molecule has 1 amide bonds.